The number of carbonyl (C=O) groups excluding carboxylic acids is 2. The summed E-state index contributed by atoms with van der Waals surface area (Å²) in [5.41, 5.74) is 0. The van der Waals surface area contributed by atoms with Crippen LogP contribution < -0.4 is 10.6 Å². The number of ether oxygens (including phenoxy) is 1. The molecule has 2 fully saturated rings. The Morgan fingerprint density at radius 2 is 1.92 bits per heavy atom. The van der Waals surface area contributed by atoms with Crippen molar-refractivity contribution < 1.29 is 14.3 Å². The van der Waals surface area contributed by atoms with Crippen molar-refractivity contribution >= 4 is 41.8 Å². The van der Waals surface area contributed by atoms with Gasteiger partial charge in [0.05, 0.1) is 19.6 Å². The zero-order chi connectivity index (χ0) is 18.2. The lowest BCUT2D eigenvalue weighted by molar-refractivity contribution is -0.146. The fourth-order valence-corrected chi connectivity index (χ4v) is 3.66. The highest BCUT2D eigenvalue weighted by Crippen LogP contribution is 2.24. The smallest absolute Gasteiger partial charge is 0.310 e. The third kappa shape index (κ3) is 6.59. The van der Waals surface area contributed by atoms with Gasteiger partial charge >= 0.3 is 5.97 Å². The maximum absolute atomic E-state index is 12.0. The largest absolute Gasteiger partial charge is 0.469 e. The van der Waals surface area contributed by atoms with Crippen LogP contribution in [0, 0.1) is 11.8 Å². The van der Waals surface area contributed by atoms with Gasteiger partial charge in [0.2, 0.25) is 5.91 Å². The quantitative estimate of drug-likeness (QED) is 0.262. The van der Waals surface area contributed by atoms with Crippen LogP contribution in [-0.4, -0.2) is 62.1 Å². The minimum Gasteiger partial charge on any atom is -0.469 e. The Morgan fingerprint density at radius 1 is 1.23 bits per heavy atom. The second kappa shape index (κ2) is 11.6. The lowest BCUT2D eigenvalue weighted by atomic mass is 9.99. The Hall–Kier alpha value is -1.06. The summed E-state index contributed by atoms with van der Waals surface area (Å²) >= 11 is 0. The van der Waals surface area contributed by atoms with Crippen molar-refractivity contribution in [3.8, 4) is 0 Å². The van der Waals surface area contributed by atoms with Crippen LogP contribution in [0.25, 0.3) is 0 Å². The number of amides is 1. The predicted octanol–water partition coefficient (Wildman–Crippen LogP) is 1.76. The Bertz CT molecular complexity index is 495. The second-order valence-corrected chi connectivity index (χ2v) is 7.05. The number of nitrogens with zero attached hydrogens (tertiary/aromatic N) is 2. The molecule has 1 aliphatic heterocycles. The van der Waals surface area contributed by atoms with Crippen molar-refractivity contribution in [2.75, 3.05) is 33.3 Å². The first-order valence-corrected chi connectivity index (χ1v) is 9.45. The molecule has 1 aliphatic carbocycles. The third-order valence-electron chi connectivity index (χ3n) is 5.07. The van der Waals surface area contributed by atoms with Crippen molar-refractivity contribution in [1.82, 2.24) is 15.5 Å². The molecule has 2 N–H and O–H groups in total. The third-order valence-corrected chi connectivity index (χ3v) is 5.07. The number of likely N-dealkylation sites (tertiary alicyclic amines) is 1. The molecule has 2 rings (SSSR count). The topological polar surface area (TPSA) is 83.0 Å². The molecule has 0 aromatic carbocycles. The number of methoxy groups -OCH3 is 1. The van der Waals surface area contributed by atoms with Crippen LogP contribution in [0.4, 0.5) is 0 Å². The number of guanidine groups is 1. The van der Waals surface area contributed by atoms with Crippen LogP contribution >= 0.6 is 24.0 Å². The first-order valence-electron chi connectivity index (χ1n) is 9.45. The molecule has 0 aromatic heterocycles. The van der Waals surface area contributed by atoms with E-state index >= 15 is 0 Å². The highest BCUT2D eigenvalue weighted by atomic mass is 127. The minimum absolute atomic E-state index is 0. The molecule has 150 valence electrons. The van der Waals surface area contributed by atoms with Crippen LogP contribution in [0.5, 0.6) is 0 Å². The standard InChI is InChI=1S/C18H32N4O3.HI/c1-4-19-18(22-11-13(2)15(12-22)17(24)25-3)20-10-9-16(23)21-14-7-5-6-8-14;/h13-15H,4-12H2,1-3H3,(H,19,20)(H,21,23);1H. The summed E-state index contributed by atoms with van der Waals surface area (Å²) in [6.45, 7) is 6.64. The van der Waals surface area contributed by atoms with E-state index in [4.69, 9.17) is 4.74 Å². The number of hydrogen-bond acceptors (Lipinski definition) is 4. The number of aliphatic imine (C=N–C) groups is 1. The van der Waals surface area contributed by atoms with E-state index in [9.17, 15) is 9.59 Å². The molecule has 2 unspecified atom stereocenters. The molecule has 1 amide bonds. The highest BCUT2D eigenvalue weighted by molar-refractivity contribution is 14.0. The molecule has 7 nitrogen and oxygen atoms in total. The van der Waals surface area contributed by atoms with Gasteiger partial charge in [-0.05, 0) is 25.7 Å². The van der Waals surface area contributed by atoms with Gasteiger partial charge in [-0.2, -0.15) is 0 Å². The lowest BCUT2D eigenvalue weighted by Gasteiger charge is -2.21. The predicted molar refractivity (Wildman–Crippen MR) is 113 cm³/mol. The normalized spacial score (nSPS) is 23.5. The minimum atomic E-state index is -0.165. The average molecular weight is 480 g/mol. The Morgan fingerprint density at radius 3 is 2.54 bits per heavy atom. The summed E-state index contributed by atoms with van der Waals surface area (Å²) in [5, 5.41) is 6.35. The maximum Gasteiger partial charge on any atom is 0.310 e. The molecule has 2 aliphatic rings. The first kappa shape index (κ1) is 23.0. The number of nitrogens with one attached hydrogen (secondary N) is 2. The molecule has 1 saturated carbocycles. The lowest BCUT2D eigenvalue weighted by Crippen LogP contribution is -2.41. The van der Waals surface area contributed by atoms with E-state index in [1.807, 2.05) is 6.92 Å². The Labute approximate surface area is 173 Å². The summed E-state index contributed by atoms with van der Waals surface area (Å²) in [6, 6.07) is 0.352. The van der Waals surface area contributed by atoms with Crippen LogP contribution in [0.2, 0.25) is 0 Å². The van der Waals surface area contributed by atoms with E-state index in [0.717, 1.165) is 31.9 Å². The van der Waals surface area contributed by atoms with Gasteiger partial charge in [0.1, 0.15) is 0 Å². The molecule has 0 aromatic rings. The summed E-state index contributed by atoms with van der Waals surface area (Å²) in [7, 11) is 1.43. The zero-order valence-corrected chi connectivity index (χ0v) is 18.5. The monoisotopic (exact) mass is 480 g/mol. The number of hydrogen-bond donors (Lipinski definition) is 2. The van der Waals surface area contributed by atoms with Gasteiger partial charge in [-0.15, -0.1) is 24.0 Å². The van der Waals surface area contributed by atoms with Crippen LogP contribution in [0.3, 0.4) is 0 Å². The fourth-order valence-electron chi connectivity index (χ4n) is 3.66. The molecule has 8 heteroatoms. The van der Waals surface area contributed by atoms with E-state index in [0.29, 0.717) is 25.6 Å². The van der Waals surface area contributed by atoms with Crippen molar-refractivity contribution in [2.45, 2.75) is 52.0 Å². The van der Waals surface area contributed by atoms with Crippen LogP contribution in [0.1, 0.15) is 46.0 Å². The first-order chi connectivity index (χ1) is 12.0. The molecule has 0 spiro atoms. The fraction of sp³-hybridized carbons (Fsp3) is 0.833. The summed E-state index contributed by atoms with van der Waals surface area (Å²) in [4.78, 5) is 30.5. The van der Waals surface area contributed by atoms with Gasteiger partial charge in [0.15, 0.2) is 5.96 Å². The molecule has 26 heavy (non-hydrogen) atoms. The van der Waals surface area contributed by atoms with Crippen LogP contribution in [0.15, 0.2) is 4.99 Å². The molecule has 1 heterocycles. The SMILES string of the molecule is CCNC(=NCCC(=O)NC1CCCC1)N1CC(C)C(C(=O)OC)C1.I. The van der Waals surface area contributed by atoms with Gasteiger partial charge in [-0.3, -0.25) is 14.6 Å². The van der Waals surface area contributed by atoms with Crippen molar-refractivity contribution in [3.63, 3.8) is 0 Å². The number of esters is 1. The number of halogens is 1. The van der Waals surface area contributed by atoms with Gasteiger partial charge < -0.3 is 20.3 Å². The Balaban J connectivity index is 0.00000338. The molecule has 1 saturated heterocycles. The number of rotatable bonds is 6. The van der Waals surface area contributed by atoms with Gasteiger partial charge in [-0.1, -0.05) is 19.8 Å². The second-order valence-electron chi connectivity index (χ2n) is 7.05. The van der Waals surface area contributed by atoms with Gasteiger partial charge in [0, 0.05) is 32.1 Å². The average Bonchev–Trinajstić information content (AvgIpc) is 3.23. The summed E-state index contributed by atoms with van der Waals surface area (Å²) in [5.74, 6) is 0.784. The van der Waals surface area contributed by atoms with E-state index < -0.39 is 0 Å². The van der Waals surface area contributed by atoms with Crippen molar-refractivity contribution in [3.05, 3.63) is 0 Å². The zero-order valence-electron chi connectivity index (χ0n) is 16.1. The van der Waals surface area contributed by atoms with E-state index in [1.54, 1.807) is 0 Å². The number of carbonyl (C=O) groups is 2. The molecular formula is C18H33IN4O3. The Kier molecular flexibility index (Phi) is 10.3. The molecule has 0 radical (unpaired) electrons. The van der Waals surface area contributed by atoms with Crippen molar-refractivity contribution in [2.24, 2.45) is 16.8 Å². The molecular weight excluding hydrogens is 447 g/mol. The van der Waals surface area contributed by atoms with Gasteiger partial charge in [0.25, 0.3) is 0 Å². The molecule has 2 atom stereocenters. The van der Waals surface area contributed by atoms with Crippen LogP contribution in [-0.2, 0) is 14.3 Å². The van der Waals surface area contributed by atoms with Gasteiger partial charge in [-0.25, -0.2) is 0 Å². The molecule has 0 bridgehead atoms. The summed E-state index contributed by atoms with van der Waals surface area (Å²) in [6.07, 6.45) is 5.01. The van der Waals surface area contributed by atoms with E-state index in [2.05, 4.69) is 27.4 Å². The maximum atomic E-state index is 12.0. The summed E-state index contributed by atoms with van der Waals surface area (Å²) < 4.78 is 4.89. The highest BCUT2D eigenvalue weighted by Gasteiger charge is 2.36. The van der Waals surface area contributed by atoms with E-state index in [-0.39, 0.29) is 47.7 Å². The van der Waals surface area contributed by atoms with Crippen molar-refractivity contribution in [1.29, 1.82) is 0 Å². The van der Waals surface area contributed by atoms with E-state index in [1.165, 1.54) is 20.0 Å².